The molecule has 10 nitrogen and oxygen atoms in total. The van der Waals surface area contributed by atoms with E-state index < -0.39 is 16.1 Å². The van der Waals surface area contributed by atoms with Crippen LogP contribution in [0.15, 0.2) is 24.5 Å². The quantitative estimate of drug-likeness (QED) is 0.681. The Morgan fingerprint density at radius 1 is 1.48 bits per heavy atom. The number of carbonyl (C=O) groups excluding carboxylic acids is 1. The molecule has 1 aromatic rings. The lowest BCUT2D eigenvalue weighted by molar-refractivity contribution is -0.123. The zero-order chi connectivity index (χ0) is 20.0. The molecule has 27 heavy (non-hydrogen) atoms. The van der Waals surface area contributed by atoms with Gasteiger partial charge in [0.1, 0.15) is 0 Å². The van der Waals surface area contributed by atoms with Crippen LogP contribution in [0.4, 0.5) is 5.69 Å². The Balaban J connectivity index is 0.000000817. The molecule has 0 saturated carbocycles. The highest BCUT2D eigenvalue weighted by Gasteiger charge is 2.47. The maximum atomic E-state index is 12.6. The number of aromatic nitrogens is 1. The molecule has 0 aliphatic carbocycles. The zero-order valence-corrected chi connectivity index (χ0v) is 16.0. The van der Waals surface area contributed by atoms with E-state index in [1.165, 1.54) is 22.7 Å². The van der Waals surface area contributed by atoms with E-state index in [1.807, 2.05) is 0 Å². The van der Waals surface area contributed by atoms with E-state index in [0.717, 1.165) is 0 Å². The third-order valence-corrected chi connectivity index (χ3v) is 6.45. The molecule has 2 fully saturated rings. The molecule has 150 valence electrons. The van der Waals surface area contributed by atoms with Gasteiger partial charge in [-0.25, -0.2) is 0 Å². The molecule has 1 amide bonds. The first-order valence-corrected chi connectivity index (χ1v) is 9.80. The van der Waals surface area contributed by atoms with Crippen LogP contribution < -0.4 is 5.32 Å². The number of nitrogens with one attached hydrogen (secondary N) is 1. The van der Waals surface area contributed by atoms with Crippen molar-refractivity contribution in [1.29, 1.82) is 0 Å². The standard InChI is InChI=1S/C15H22N4O4S.CH2O2/c1-18(2)24(21,22)19-10-11(8-14-13(19)5-7-23-14)15(20)17-12-4-3-6-16-9-12;2-1-3/h3-4,6,9,11,13-14H,5,7-8,10H2,1-2H3,(H,17,20);1H,(H,2,3)/t11-,13+,14+;/m0./s1. The van der Waals surface area contributed by atoms with E-state index in [9.17, 15) is 13.2 Å². The number of pyridine rings is 1. The second-order valence-electron chi connectivity index (χ2n) is 6.39. The number of rotatable bonds is 4. The normalized spacial score (nSPS) is 25.2. The molecule has 0 unspecified atom stereocenters. The van der Waals surface area contributed by atoms with Crippen LogP contribution in [0.25, 0.3) is 0 Å². The Morgan fingerprint density at radius 2 is 2.19 bits per heavy atom. The molecule has 2 saturated heterocycles. The minimum Gasteiger partial charge on any atom is -0.483 e. The van der Waals surface area contributed by atoms with Crippen molar-refractivity contribution in [3.8, 4) is 0 Å². The number of carboxylic acid groups (broad SMARTS) is 1. The minimum atomic E-state index is -3.60. The average Bonchev–Trinajstić information content (AvgIpc) is 3.10. The van der Waals surface area contributed by atoms with Crippen LogP contribution in [0.5, 0.6) is 0 Å². The Hall–Kier alpha value is -2.08. The summed E-state index contributed by atoms with van der Waals surface area (Å²) >= 11 is 0. The predicted octanol–water partition coefficient (Wildman–Crippen LogP) is 0.00670. The Labute approximate surface area is 158 Å². The van der Waals surface area contributed by atoms with Crippen molar-refractivity contribution in [2.75, 3.05) is 32.6 Å². The first kappa shape index (κ1) is 21.2. The molecular formula is C16H24N4O6S. The van der Waals surface area contributed by atoms with E-state index in [-0.39, 0.29) is 31.1 Å². The van der Waals surface area contributed by atoms with Gasteiger partial charge in [0, 0.05) is 33.4 Å². The minimum absolute atomic E-state index is 0.164. The third-order valence-electron chi connectivity index (χ3n) is 4.52. The summed E-state index contributed by atoms with van der Waals surface area (Å²) in [6, 6.07) is 3.28. The van der Waals surface area contributed by atoms with Gasteiger partial charge in [-0.2, -0.15) is 17.0 Å². The van der Waals surface area contributed by atoms with Crippen LogP contribution >= 0.6 is 0 Å². The van der Waals surface area contributed by atoms with Crippen LogP contribution in [0.2, 0.25) is 0 Å². The van der Waals surface area contributed by atoms with E-state index in [4.69, 9.17) is 14.6 Å². The van der Waals surface area contributed by atoms with Crippen molar-refractivity contribution in [3.63, 3.8) is 0 Å². The lowest BCUT2D eigenvalue weighted by Crippen LogP contribution is -2.56. The number of carbonyl (C=O) groups is 2. The van der Waals surface area contributed by atoms with Crippen LogP contribution in [0, 0.1) is 5.92 Å². The summed E-state index contributed by atoms with van der Waals surface area (Å²) in [7, 11) is -0.600. The van der Waals surface area contributed by atoms with E-state index in [2.05, 4.69) is 10.3 Å². The molecule has 3 heterocycles. The summed E-state index contributed by atoms with van der Waals surface area (Å²) in [5, 5.41) is 9.69. The molecule has 0 bridgehead atoms. The Morgan fingerprint density at radius 3 is 2.78 bits per heavy atom. The summed E-state index contributed by atoms with van der Waals surface area (Å²) in [5.74, 6) is -0.671. The van der Waals surface area contributed by atoms with Crippen LogP contribution in [-0.4, -0.2) is 78.9 Å². The second kappa shape index (κ2) is 9.22. The average molecular weight is 400 g/mol. The molecule has 2 aliphatic rings. The zero-order valence-electron chi connectivity index (χ0n) is 15.2. The number of hydrogen-bond acceptors (Lipinski definition) is 6. The van der Waals surface area contributed by atoms with Crippen LogP contribution in [0.3, 0.4) is 0 Å². The number of nitrogens with zero attached hydrogens (tertiary/aromatic N) is 3. The van der Waals surface area contributed by atoms with E-state index in [1.54, 1.807) is 24.5 Å². The highest BCUT2D eigenvalue weighted by Crippen LogP contribution is 2.34. The van der Waals surface area contributed by atoms with Gasteiger partial charge in [0.2, 0.25) is 5.91 Å². The largest absolute Gasteiger partial charge is 0.483 e. The van der Waals surface area contributed by atoms with Gasteiger partial charge < -0.3 is 15.2 Å². The molecule has 3 atom stereocenters. The predicted molar refractivity (Wildman–Crippen MR) is 97.1 cm³/mol. The van der Waals surface area contributed by atoms with Gasteiger partial charge in [0.05, 0.1) is 29.9 Å². The van der Waals surface area contributed by atoms with Crippen LogP contribution in [-0.2, 0) is 24.5 Å². The van der Waals surface area contributed by atoms with Gasteiger partial charge in [-0.05, 0) is 25.0 Å². The highest BCUT2D eigenvalue weighted by molar-refractivity contribution is 7.86. The molecule has 0 aromatic carbocycles. The number of hydrogen-bond donors (Lipinski definition) is 2. The molecule has 2 aliphatic heterocycles. The third kappa shape index (κ3) is 5.01. The maximum Gasteiger partial charge on any atom is 0.290 e. The first-order chi connectivity index (χ1) is 12.8. The fourth-order valence-electron chi connectivity index (χ4n) is 3.25. The van der Waals surface area contributed by atoms with Crippen molar-refractivity contribution < 1.29 is 27.9 Å². The SMILES string of the molecule is CN(C)S(=O)(=O)N1C[C@@H](C(=O)Nc2cccnc2)C[C@H]2OCC[C@H]21.O=CO. The van der Waals surface area contributed by atoms with E-state index >= 15 is 0 Å². The Kier molecular flexibility index (Phi) is 7.25. The van der Waals surface area contributed by atoms with Gasteiger partial charge in [0.15, 0.2) is 0 Å². The topological polar surface area (TPSA) is 129 Å². The smallest absolute Gasteiger partial charge is 0.290 e. The van der Waals surface area contributed by atoms with Crippen molar-refractivity contribution in [3.05, 3.63) is 24.5 Å². The molecule has 0 radical (unpaired) electrons. The maximum absolute atomic E-state index is 12.6. The van der Waals surface area contributed by atoms with Crippen molar-refractivity contribution in [2.45, 2.75) is 25.0 Å². The summed E-state index contributed by atoms with van der Waals surface area (Å²) in [4.78, 5) is 24.9. The van der Waals surface area contributed by atoms with Gasteiger partial charge in [0.25, 0.3) is 16.7 Å². The Bertz CT molecular complexity index is 743. The highest BCUT2D eigenvalue weighted by atomic mass is 32.2. The summed E-state index contributed by atoms with van der Waals surface area (Å²) < 4.78 is 33.5. The number of anilines is 1. The molecule has 0 spiro atoms. The monoisotopic (exact) mass is 400 g/mol. The molecule has 1 aromatic heterocycles. The lowest BCUT2D eigenvalue weighted by Gasteiger charge is -2.40. The van der Waals surface area contributed by atoms with Gasteiger partial charge in [-0.3, -0.25) is 14.6 Å². The molecule has 2 N–H and O–H groups in total. The van der Waals surface area contributed by atoms with Crippen molar-refractivity contribution in [2.24, 2.45) is 5.92 Å². The number of ether oxygens (including phenoxy) is 1. The fraction of sp³-hybridized carbons (Fsp3) is 0.562. The van der Waals surface area contributed by atoms with Gasteiger partial charge in [-0.15, -0.1) is 0 Å². The molecule has 11 heteroatoms. The van der Waals surface area contributed by atoms with Gasteiger partial charge in [-0.1, -0.05) is 0 Å². The fourth-order valence-corrected chi connectivity index (χ4v) is 4.62. The van der Waals surface area contributed by atoms with E-state index in [0.29, 0.717) is 25.1 Å². The molecular weight excluding hydrogens is 376 g/mol. The van der Waals surface area contributed by atoms with Gasteiger partial charge >= 0.3 is 0 Å². The number of fused-ring (bicyclic) bond motifs is 1. The summed E-state index contributed by atoms with van der Waals surface area (Å²) in [5.41, 5.74) is 0.596. The lowest BCUT2D eigenvalue weighted by atomic mass is 9.91. The number of amides is 1. The second-order valence-corrected chi connectivity index (χ2v) is 8.49. The number of piperidine rings is 1. The summed E-state index contributed by atoms with van der Waals surface area (Å²) in [6.45, 7) is 0.433. The van der Waals surface area contributed by atoms with Crippen molar-refractivity contribution in [1.82, 2.24) is 13.6 Å². The molecule has 3 rings (SSSR count). The van der Waals surface area contributed by atoms with Crippen LogP contribution in [0.1, 0.15) is 12.8 Å². The van der Waals surface area contributed by atoms with Crippen molar-refractivity contribution >= 4 is 28.3 Å². The first-order valence-electron chi connectivity index (χ1n) is 8.41. The summed E-state index contributed by atoms with van der Waals surface area (Å²) in [6.07, 6.45) is 4.13.